The summed E-state index contributed by atoms with van der Waals surface area (Å²) in [5.74, 6) is 0. The monoisotopic (exact) mass is 190 g/mol. The van der Waals surface area contributed by atoms with Crippen molar-refractivity contribution in [2.75, 3.05) is 0 Å². The van der Waals surface area contributed by atoms with Crippen molar-refractivity contribution in [2.24, 2.45) is 7.05 Å². The zero-order valence-electron chi connectivity index (χ0n) is 8.12. The van der Waals surface area contributed by atoms with Crippen LogP contribution >= 0.6 is 0 Å². The number of benzene rings is 1. The van der Waals surface area contributed by atoms with Crippen LogP contribution in [0.4, 0.5) is 0 Å². The fourth-order valence-corrected chi connectivity index (χ4v) is 1.63. The second-order valence-electron chi connectivity index (χ2n) is 3.41. The molecule has 0 amide bonds. The lowest BCUT2D eigenvalue weighted by Crippen LogP contribution is -1.90. The quantitative estimate of drug-likeness (QED) is 0.711. The number of aromatic nitrogens is 2. The molecule has 2 nitrogen and oxygen atoms in total. The molecule has 14 heavy (non-hydrogen) atoms. The molecule has 2 rings (SSSR count). The van der Waals surface area contributed by atoms with Crippen LogP contribution in [0.15, 0.2) is 24.4 Å². The van der Waals surface area contributed by atoms with Crippen LogP contribution in [0.3, 0.4) is 0 Å². The third-order valence-corrected chi connectivity index (χ3v) is 2.35. The highest BCUT2D eigenvalue weighted by atomic mass is 15.2. The molecule has 0 spiro atoms. The lowest BCUT2D eigenvalue weighted by molar-refractivity contribution is 0.795. The summed E-state index contributed by atoms with van der Waals surface area (Å²) in [6, 6.07) is 6.56. The minimum Gasteiger partial charge on any atom is -0.268 e. The predicted octanol–water partition coefficient (Wildman–Crippen LogP) is 3.16. The second kappa shape index (κ2) is 4.27. The molecule has 1 aromatic heterocycles. The van der Waals surface area contributed by atoms with E-state index in [1.165, 1.54) is 22.9 Å². The zero-order chi connectivity index (χ0) is 9.26. The first-order chi connectivity index (χ1) is 6.31. The molecule has 0 aliphatic rings. The summed E-state index contributed by atoms with van der Waals surface area (Å²) in [7, 11) is 1.98. The Morgan fingerprint density at radius 3 is 2.86 bits per heavy atom. The van der Waals surface area contributed by atoms with E-state index in [2.05, 4.69) is 30.2 Å². The smallest absolute Gasteiger partial charge is 0.0681 e. The average Bonchev–Trinajstić information content (AvgIpc) is 2.49. The number of hydrogen-bond acceptors (Lipinski definition) is 1. The van der Waals surface area contributed by atoms with E-state index < -0.39 is 0 Å². The predicted molar refractivity (Wildman–Crippen MR) is 61.4 cm³/mol. The Kier molecular flexibility index (Phi) is 3.28. The molecule has 2 heteroatoms. The molecule has 0 atom stereocenters. The number of hydrogen-bond donors (Lipinski definition) is 0. The molecule has 0 fully saturated rings. The van der Waals surface area contributed by atoms with Crippen molar-refractivity contribution in [1.29, 1.82) is 0 Å². The Bertz CT molecular complexity index is 415. The average molecular weight is 190 g/mol. The first kappa shape index (κ1) is 10.8. The first-order valence-corrected chi connectivity index (χ1v) is 4.72. The highest BCUT2D eigenvalue weighted by Crippen LogP contribution is 2.15. The maximum atomic E-state index is 4.21. The van der Waals surface area contributed by atoms with Gasteiger partial charge in [0.1, 0.15) is 0 Å². The van der Waals surface area contributed by atoms with E-state index in [1.807, 2.05) is 17.9 Å². The van der Waals surface area contributed by atoms with Crippen LogP contribution in [0.2, 0.25) is 0 Å². The Labute approximate surface area is 85.6 Å². The fraction of sp³-hybridized carbons (Fsp3) is 0.417. The van der Waals surface area contributed by atoms with Crippen molar-refractivity contribution in [3.05, 3.63) is 30.0 Å². The van der Waals surface area contributed by atoms with Gasteiger partial charge in [-0.25, -0.2) is 0 Å². The van der Waals surface area contributed by atoms with Gasteiger partial charge in [-0.1, -0.05) is 32.9 Å². The summed E-state index contributed by atoms with van der Waals surface area (Å²) < 4.78 is 1.93. The van der Waals surface area contributed by atoms with Crippen LogP contribution in [0.25, 0.3) is 10.9 Å². The van der Waals surface area contributed by atoms with Crippen molar-refractivity contribution in [1.82, 2.24) is 9.78 Å². The molecule has 0 unspecified atom stereocenters. The summed E-state index contributed by atoms with van der Waals surface area (Å²) >= 11 is 0. The van der Waals surface area contributed by atoms with E-state index in [-0.39, 0.29) is 7.43 Å². The van der Waals surface area contributed by atoms with Crippen LogP contribution in [-0.4, -0.2) is 9.78 Å². The van der Waals surface area contributed by atoms with E-state index >= 15 is 0 Å². The molecule has 0 aliphatic carbocycles. The SMILES string of the molecule is C.CCCc1ccc2cnn(C)c2c1. The topological polar surface area (TPSA) is 17.8 Å². The van der Waals surface area contributed by atoms with Gasteiger partial charge < -0.3 is 0 Å². The van der Waals surface area contributed by atoms with Crippen LogP contribution < -0.4 is 0 Å². The molecular weight excluding hydrogens is 172 g/mol. The molecule has 0 saturated heterocycles. The number of nitrogens with zero attached hydrogens (tertiary/aromatic N) is 2. The van der Waals surface area contributed by atoms with Crippen molar-refractivity contribution in [3.8, 4) is 0 Å². The molecule has 2 aromatic rings. The Morgan fingerprint density at radius 1 is 1.36 bits per heavy atom. The lowest BCUT2D eigenvalue weighted by atomic mass is 10.1. The Balaban J connectivity index is 0.000000980. The first-order valence-electron chi connectivity index (χ1n) is 4.72. The van der Waals surface area contributed by atoms with Crippen molar-refractivity contribution >= 4 is 10.9 Å². The number of fused-ring (bicyclic) bond motifs is 1. The minimum absolute atomic E-state index is 0. The van der Waals surface area contributed by atoms with E-state index in [4.69, 9.17) is 0 Å². The van der Waals surface area contributed by atoms with Gasteiger partial charge >= 0.3 is 0 Å². The van der Waals surface area contributed by atoms with Crippen LogP contribution in [-0.2, 0) is 13.5 Å². The van der Waals surface area contributed by atoms with E-state index in [9.17, 15) is 0 Å². The maximum Gasteiger partial charge on any atom is 0.0681 e. The normalized spacial score (nSPS) is 10.1. The highest BCUT2D eigenvalue weighted by Gasteiger charge is 1.99. The van der Waals surface area contributed by atoms with E-state index in [1.54, 1.807) is 0 Å². The molecule has 0 saturated carbocycles. The second-order valence-corrected chi connectivity index (χ2v) is 3.41. The zero-order valence-corrected chi connectivity index (χ0v) is 8.12. The molecule has 0 bridgehead atoms. The Morgan fingerprint density at radius 2 is 2.14 bits per heavy atom. The van der Waals surface area contributed by atoms with Gasteiger partial charge in [-0.05, 0) is 18.1 Å². The number of aryl methyl sites for hydroxylation is 2. The third kappa shape index (κ3) is 1.79. The summed E-state index contributed by atoms with van der Waals surface area (Å²) in [6.45, 7) is 2.20. The van der Waals surface area contributed by atoms with Crippen molar-refractivity contribution < 1.29 is 0 Å². The number of rotatable bonds is 2. The minimum atomic E-state index is 0. The van der Waals surface area contributed by atoms with E-state index in [0.717, 1.165) is 6.42 Å². The molecular formula is C12H18N2. The molecule has 1 aromatic carbocycles. The molecule has 1 heterocycles. The third-order valence-electron chi connectivity index (χ3n) is 2.35. The lowest BCUT2D eigenvalue weighted by Gasteiger charge is -1.99. The standard InChI is InChI=1S/C11H14N2.CH4/c1-3-4-9-5-6-10-8-12-13(2)11(10)7-9;/h5-8H,3-4H2,1-2H3;1H4. The van der Waals surface area contributed by atoms with Gasteiger partial charge in [-0.15, -0.1) is 0 Å². The Hall–Kier alpha value is -1.31. The molecule has 0 radical (unpaired) electrons. The van der Waals surface area contributed by atoms with E-state index in [0.29, 0.717) is 0 Å². The summed E-state index contributed by atoms with van der Waals surface area (Å²) in [5, 5.41) is 5.44. The summed E-state index contributed by atoms with van der Waals surface area (Å²) in [6.07, 6.45) is 4.26. The highest BCUT2D eigenvalue weighted by molar-refractivity contribution is 5.79. The molecule has 0 N–H and O–H groups in total. The van der Waals surface area contributed by atoms with Gasteiger partial charge in [-0.2, -0.15) is 5.10 Å². The fourth-order valence-electron chi connectivity index (χ4n) is 1.63. The van der Waals surface area contributed by atoms with Crippen molar-refractivity contribution in [2.45, 2.75) is 27.2 Å². The molecule has 0 aliphatic heterocycles. The maximum absolute atomic E-state index is 4.21. The van der Waals surface area contributed by atoms with Crippen LogP contribution in [0.5, 0.6) is 0 Å². The van der Waals surface area contributed by atoms with Gasteiger partial charge in [-0.3, -0.25) is 4.68 Å². The largest absolute Gasteiger partial charge is 0.268 e. The molecule has 76 valence electrons. The van der Waals surface area contributed by atoms with Gasteiger partial charge in [0, 0.05) is 12.4 Å². The van der Waals surface area contributed by atoms with Gasteiger partial charge in [0.15, 0.2) is 0 Å². The van der Waals surface area contributed by atoms with Gasteiger partial charge in [0.2, 0.25) is 0 Å². The van der Waals surface area contributed by atoms with Crippen LogP contribution in [0, 0.1) is 0 Å². The van der Waals surface area contributed by atoms with Crippen molar-refractivity contribution in [3.63, 3.8) is 0 Å². The van der Waals surface area contributed by atoms with Gasteiger partial charge in [0.05, 0.1) is 11.7 Å². The van der Waals surface area contributed by atoms with Crippen LogP contribution in [0.1, 0.15) is 26.3 Å². The van der Waals surface area contributed by atoms with Gasteiger partial charge in [0.25, 0.3) is 0 Å². The summed E-state index contributed by atoms with van der Waals surface area (Å²) in [5.41, 5.74) is 2.63. The summed E-state index contributed by atoms with van der Waals surface area (Å²) in [4.78, 5) is 0.